The van der Waals surface area contributed by atoms with E-state index in [-0.39, 0.29) is 26.3 Å². The molecule has 0 bridgehead atoms. The highest BCUT2D eigenvalue weighted by molar-refractivity contribution is 6.29. The molecule has 0 aliphatic heterocycles. The van der Waals surface area contributed by atoms with E-state index in [1.165, 1.54) is 6.33 Å². The van der Waals surface area contributed by atoms with E-state index in [1.807, 2.05) is 25.1 Å². The second kappa shape index (κ2) is 9.87. The van der Waals surface area contributed by atoms with Gasteiger partial charge in [0, 0.05) is 17.3 Å². The molecule has 0 radical (unpaired) electrons. The molecular formula is C19H22ClN3O4. The predicted octanol–water partition coefficient (Wildman–Crippen LogP) is 3.04. The van der Waals surface area contributed by atoms with Crippen molar-refractivity contribution in [1.29, 1.82) is 0 Å². The van der Waals surface area contributed by atoms with E-state index >= 15 is 0 Å². The quantitative estimate of drug-likeness (QED) is 0.505. The van der Waals surface area contributed by atoms with Crippen molar-refractivity contribution < 1.29 is 19.1 Å². The van der Waals surface area contributed by atoms with Gasteiger partial charge in [-0.15, -0.1) is 0 Å². The van der Waals surface area contributed by atoms with Crippen molar-refractivity contribution in [3.63, 3.8) is 0 Å². The summed E-state index contributed by atoms with van der Waals surface area (Å²) >= 11 is 5.95. The van der Waals surface area contributed by atoms with Crippen LogP contribution < -0.4 is 4.90 Å². The maximum absolute atomic E-state index is 12.0. The number of nitrogens with zero attached hydrogens (tertiary/aromatic N) is 3. The van der Waals surface area contributed by atoms with Crippen LogP contribution in [0.4, 0.5) is 5.69 Å². The standard InChI is InChI=1S/C19H22ClN3O4/c1-4-26-18(24)10-23(11-19(25)27-5-2)16-8-14(7-6-13(16)3)15-9-17(20)22-12-21-15/h6-9,12H,4-5,10-11H2,1-3H3. The number of hydrogen-bond acceptors (Lipinski definition) is 7. The SMILES string of the molecule is CCOC(=O)CN(CC(=O)OCC)c1cc(-c2cc(Cl)ncn2)ccc1C. The number of carbonyl (C=O) groups excluding carboxylic acids is 2. The third kappa shape index (κ3) is 5.92. The minimum absolute atomic E-state index is 0.0680. The molecule has 0 N–H and O–H groups in total. The zero-order chi connectivity index (χ0) is 19.8. The molecule has 0 unspecified atom stereocenters. The highest BCUT2D eigenvalue weighted by atomic mass is 35.5. The summed E-state index contributed by atoms with van der Waals surface area (Å²) in [6.07, 6.45) is 1.38. The van der Waals surface area contributed by atoms with Gasteiger partial charge in [-0.1, -0.05) is 23.7 Å². The predicted molar refractivity (Wildman–Crippen MR) is 103 cm³/mol. The first kappa shape index (κ1) is 20.6. The normalized spacial score (nSPS) is 10.4. The lowest BCUT2D eigenvalue weighted by Gasteiger charge is -2.25. The maximum Gasteiger partial charge on any atom is 0.325 e. The molecular weight excluding hydrogens is 370 g/mol. The van der Waals surface area contributed by atoms with Gasteiger partial charge in [-0.2, -0.15) is 0 Å². The average molecular weight is 392 g/mol. The topological polar surface area (TPSA) is 81.6 Å². The fraction of sp³-hybridized carbons (Fsp3) is 0.368. The third-order valence-electron chi connectivity index (χ3n) is 3.73. The van der Waals surface area contributed by atoms with E-state index in [2.05, 4.69) is 9.97 Å². The lowest BCUT2D eigenvalue weighted by molar-refractivity contribution is -0.142. The summed E-state index contributed by atoms with van der Waals surface area (Å²) in [5.74, 6) is -0.839. The van der Waals surface area contributed by atoms with Crippen LogP contribution in [0.25, 0.3) is 11.3 Å². The second-order valence-electron chi connectivity index (χ2n) is 5.69. The summed E-state index contributed by atoms with van der Waals surface area (Å²) in [7, 11) is 0. The molecule has 8 heteroatoms. The number of carbonyl (C=O) groups is 2. The third-order valence-corrected chi connectivity index (χ3v) is 3.94. The van der Waals surface area contributed by atoms with Gasteiger partial charge in [0.25, 0.3) is 0 Å². The molecule has 1 aromatic carbocycles. The Balaban J connectivity index is 2.38. The molecule has 2 rings (SSSR count). The molecule has 1 aromatic heterocycles. The zero-order valence-electron chi connectivity index (χ0n) is 15.6. The van der Waals surface area contributed by atoms with Crippen molar-refractivity contribution in [2.45, 2.75) is 20.8 Å². The number of rotatable bonds is 8. The van der Waals surface area contributed by atoms with Crippen LogP contribution in [0, 0.1) is 6.92 Å². The Hall–Kier alpha value is -2.67. The summed E-state index contributed by atoms with van der Waals surface area (Å²) in [6.45, 7) is 5.77. The van der Waals surface area contributed by atoms with E-state index in [9.17, 15) is 9.59 Å². The zero-order valence-corrected chi connectivity index (χ0v) is 16.3. The Morgan fingerprint density at radius 1 is 1.04 bits per heavy atom. The van der Waals surface area contributed by atoms with Crippen LogP contribution in [-0.2, 0) is 19.1 Å². The highest BCUT2D eigenvalue weighted by Crippen LogP contribution is 2.28. The van der Waals surface area contributed by atoms with Crippen molar-refractivity contribution >= 4 is 29.2 Å². The van der Waals surface area contributed by atoms with Gasteiger partial charge in [0.2, 0.25) is 0 Å². The summed E-state index contributed by atoms with van der Waals surface area (Å²) in [5, 5.41) is 0.331. The fourth-order valence-electron chi connectivity index (χ4n) is 2.55. The van der Waals surface area contributed by atoms with Crippen molar-refractivity contribution in [3.05, 3.63) is 41.3 Å². The number of benzene rings is 1. The highest BCUT2D eigenvalue weighted by Gasteiger charge is 2.19. The Labute approximate surface area is 163 Å². The van der Waals surface area contributed by atoms with E-state index in [1.54, 1.807) is 24.8 Å². The van der Waals surface area contributed by atoms with Crippen molar-refractivity contribution in [1.82, 2.24) is 9.97 Å². The average Bonchev–Trinajstić information content (AvgIpc) is 2.62. The van der Waals surface area contributed by atoms with Crippen LogP contribution in [0.5, 0.6) is 0 Å². The van der Waals surface area contributed by atoms with Crippen molar-refractivity contribution in [2.24, 2.45) is 0 Å². The molecule has 0 amide bonds. The molecule has 0 aliphatic rings. The van der Waals surface area contributed by atoms with Gasteiger partial charge < -0.3 is 14.4 Å². The smallest absolute Gasteiger partial charge is 0.325 e. The summed E-state index contributed by atoms with van der Waals surface area (Å²) in [5.41, 5.74) is 3.04. The lowest BCUT2D eigenvalue weighted by atomic mass is 10.1. The second-order valence-corrected chi connectivity index (χ2v) is 6.08. The van der Waals surface area contributed by atoms with E-state index < -0.39 is 11.9 Å². The van der Waals surface area contributed by atoms with Crippen LogP contribution in [0.1, 0.15) is 19.4 Å². The number of ether oxygens (including phenoxy) is 2. The van der Waals surface area contributed by atoms with Crippen molar-refractivity contribution in [3.8, 4) is 11.3 Å². The van der Waals surface area contributed by atoms with Gasteiger partial charge in [0.1, 0.15) is 24.6 Å². The molecule has 1 heterocycles. The molecule has 2 aromatic rings. The van der Waals surface area contributed by atoms with Crippen LogP contribution >= 0.6 is 11.6 Å². The van der Waals surface area contributed by atoms with E-state index in [0.29, 0.717) is 16.5 Å². The number of aryl methyl sites for hydroxylation is 1. The molecule has 0 fully saturated rings. The number of halogens is 1. The molecule has 0 saturated carbocycles. The van der Waals surface area contributed by atoms with Gasteiger partial charge >= 0.3 is 11.9 Å². The fourth-order valence-corrected chi connectivity index (χ4v) is 2.70. The Morgan fingerprint density at radius 2 is 1.67 bits per heavy atom. The van der Waals surface area contributed by atoms with Gasteiger partial charge in [-0.25, -0.2) is 9.97 Å². The van der Waals surface area contributed by atoms with Gasteiger partial charge in [0.15, 0.2) is 0 Å². The number of hydrogen-bond donors (Lipinski definition) is 0. The minimum atomic E-state index is -0.420. The van der Waals surface area contributed by atoms with Crippen LogP contribution in [0.15, 0.2) is 30.6 Å². The Morgan fingerprint density at radius 3 is 2.22 bits per heavy atom. The maximum atomic E-state index is 12.0. The molecule has 0 aliphatic carbocycles. The van der Waals surface area contributed by atoms with Crippen LogP contribution in [0.3, 0.4) is 0 Å². The summed E-state index contributed by atoms with van der Waals surface area (Å²) < 4.78 is 10.1. The summed E-state index contributed by atoms with van der Waals surface area (Å²) in [6, 6.07) is 7.29. The monoisotopic (exact) mass is 391 g/mol. The van der Waals surface area contributed by atoms with Gasteiger partial charge in [-0.05, 0) is 32.4 Å². The van der Waals surface area contributed by atoms with E-state index in [0.717, 1.165) is 11.1 Å². The van der Waals surface area contributed by atoms with Gasteiger partial charge in [0.05, 0.1) is 18.9 Å². The first-order valence-corrected chi connectivity index (χ1v) is 8.97. The Bertz CT molecular complexity index is 793. The first-order valence-electron chi connectivity index (χ1n) is 8.59. The Kier molecular flexibility index (Phi) is 7.55. The molecule has 0 saturated heterocycles. The first-order chi connectivity index (χ1) is 12.9. The van der Waals surface area contributed by atoms with Gasteiger partial charge in [-0.3, -0.25) is 9.59 Å². The summed E-state index contributed by atoms with van der Waals surface area (Å²) in [4.78, 5) is 33.8. The van der Waals surface area contributed by atoms with Crippen LogP contribution in [-0.4, -0.2) is 48.2 Å². The van der Waals surface area contributed by atoms with Crippen LogP contribution in [0.2, 0.25) is 5.15 Å². The van der Waals surface area contributed by atoms with E-state index in [4.69, 9.17) is 21.1 Å². The number of anilines is 1. The number of esters is 2. The minimum Gasteiger partial charge on any atom is -0.465 e. The molecule has 27 heavy (non-hydrogen) atoms. The number of aromatic nitrogens is 2. The largest absolute Gasteiger partial charge is 0.465 e. The molecule has 0 spiro atoms. The van der Waals surface area contributed by atoms with Crippen molar-refractivity contribution in [2.75, 3.05) is 31.2 Å². The molecule has 7 nitrogen and oxygen atoms in total. The molecule has 0 atom stereocenters. The molecule has 144 valence electrons. The lowest BCUT2D eigenvalue weighted by Crippen LogP contribution is -2.36.